The van der Waals surface area contributed by atoms with Crippen molar-refractivity contribution in [3.05, 3.63) is 64.7 Å². The van der Waals surface area contributed by atoms with E-state index in [0.29, 0.717) is 17.4 Å². The second kappa shape index (κ2) is 5.82. The van der Waals surface area contributed by atoms with E-state index >= 15 is 0 Å². The molecule has 1 aromatic heterocycles. The van der Waals surface area contributed by atoms with Crippen molar-refractivity contribution < 1.29 is 9.18 Å². The fourth-order valence-electron chi connectivity index (χ4n) is 2.21. The number of halogens is 2. The van der Waals surface area contributed by atoms with Gasteiger partial charge in [-0.3, -0.25) is 4.79 Å². The maximum atomic E-state index is 13.0. The van der Waals surface area contributed by atoms with Crippen LogP contribution in [0.1, 0.15) is 28.9 Å². The highest BCUT2D eigenvalue weighted by atomic mass is 35.5. The van der Waals surface area contributed by atoms with Crippen LogP contribution in [0, 0.1) is 5.82 Å². The molecule has 108 valence electrons. The van der Waals surface area contributed by atoms with E-state index in [1.165, 1.54) is 12.1 Å². The molecule has 1 heterocycles. The molecule has 0 spiro atoms. The quantitative estimate of drug-likeness (QED) is 0.807. The summed E-state index contributed by atoms with van der Waals surface area (Å²) in [6, 6.07) is 11.5. The van der Waals surface area contributed by atoms with Crippen molar-refractivity contribution in [1.29, 1.82) is 0 Å². The van der Waals surface area contributed by atoms with Crippen LogP contribution in [0.2, 0.25) is 5.15 Å². The number of benzene rings is 1. The van der Waals surface area contributed by atoms with Crippen molar-refractivity contribution in [3.8, 4) is 0 Å². The molecule has 3 rings (SSSR count). The van der Waals surface area contributed by atoms with Crippen LogP contribution in [0.15, 0.2) is 42.5 Å². The summed E-state index contributed by atoms with van der Waals surface area (Å²) in [5.74, 6) is -0.413. The van der Waals surface area contributed by atoms with Gasteiger partial charge in [0.05, 0.1) is 0 Å². The Hall–Kier alpha value is -1.94. The van der Waals surface area contributed by atoms with Gasteiger partial charge in [0.1, 0.15) is 16.7 Å². The van der Waals surface area contributed by atoms with Crippen LogP contribution in [0.5, 0.6) is 0 Å². The minimum absolute atomic E-state index is 0.135. The van der Waals surface area contributed by atoms with E-state index < -0.39 is 0 Å². The van der Waals surface area contributed by atoms with Crippen LogP contribution < -0.4 is 0 Å². The number of carbonyl (C=O) groups is 1. The van der Waals surface area contributed by atoms with Gasteiger partial charge < -0.3 is 4.90 Å². The average molecular weight is 305 g/mol. The van der Waals surface area contributed by atoms with Gasteiger partial charge in [0.25, 0.3) is 5.91 Å². The lowest BCUT2D eigenvalue weighted by molar-refractivity contribution is 0.0724. The van der Waals surface area contributed by atoms with Crippen molar-refractivity contribution >= 4 is 17.5 Å². The Bertz CT molecular complexity index is 656. The zero-order valence-electron chi connectivity index (χ0n) is 11.3. The highest BCUT2D eigenvalue weighted by molar-refractivity contribution is 6.29. The minimum Gasteiger partial charge on any atom is -0.330 e. The first-order valence-electron chi connectivity index (χ1n) is 6.81. The summed E-state index contributed by atoms with van der Waals surface area (Å²) in [7, 11) is 0. The monoisotopic (exact) mass is 304 g/mol. The molecular weight excluding hydrogens is 291 g/mol. The summed E-state index contributed by atoms with van der Waals surface area (Å²) in [5, 5.41) is 0.304. The van der Waals surface area contributed by atoms with Crippen LogP contribution in [0.4, 0.5) is 4.39 Å². The van der Waals surface area contributed by atoms with Crippen molar-refractivity contribution in [3.63, 3.8) is 0 Å². The van der Waals surface area contributed by atoms with Gasteiger partial charge in [-0.25, -0.2) is 9.37 Å². The van der Waals surface area contributed by atoms with E-state index in [1.54, 1.807) is 35.2 Å². The fraction of sp³-hybridized carbons (Fsp3) is 0.250. The van der Waals surface area contributed by atoms with Gasteiger partial charge in [0.15, 0.2) is 0 Å². The highest BCUT2D eigenvalue weighted by Crippen LogP contribution is 2.29. The fourth-order valence-corrected chi connectivity index (χ4v) is 2.38. The number of aromatic nitrogens is 1. The Morgan fingerprint density at radius 3 is 2.57 bits per heavy atom. The highest BCUT2D eigenvalue weighted by Gasteiger charge is 2.33. The predicted octanol–water partition coefficient (Wildman–Crippen LogP) is 3.68. The molecule has 0 bridgehead atoms. The van der Waals surface area contributed by atoms with Crippen LogP contribution in [0.3, 0.4) is 0 Å². The molecule has 0 saturated heterocycles. The molecule has 0 N–H and O–H groups in total. The average Bonchev–Trinajstić information content (AvgIpc) is 3.30. The second-order valence-corrected chi connectivity index (χ2v) is 5.52. The predicted molar refractivity (Wildman–Crippen MR) is 78.5 cm³/mol. The molecule has 1 aliphatic carbocycles. The summed E-state index contributed by atoms with van der Waals surface area (Å²) >= 11 is 5.84. The number of carbonyl (C=O) groups excluding carboxylic acids is 1. The molecule has 1 aliphatic rings. The summed E-state index contributed by atoms with van der Waals surface area (Å²) in [5.41, 5.74) is 1.25. The Kier molecular flexibility index (Phi) is 3.88. The van der Waals surface area contributed by atoms with Gasteiger partial charge in [0, 0.05) is 12.6 Å². The normalized spacial score (nSPS) is 14.0. The van der Waals surface area contributed by atoms with Crippen LogP contribution in [-0.2, 0) is 6.54 Å². The third-order valence-electron chi connectivity index (χ3n) is 3.45. The van der Waals surface area contributed by atoms with E-state index in [2.05, 4.69) is 4.98 Å². The first-order valence-corrected chi connectivity index (χ1v) is 7.19. The molecule has 1 amide bonds. The summed E-state index contributed by atoms with van der Waals surface area (Å²) in [6.45, 7) is 0.456. The van der Waals surface area contributed by atoms with Crippen LogP contribution in [-0.4, -0.2) is 21.8 Å². The molecule has 1 saturated carbocycles. The molecule has 0 aliphatic heterocycles. The number of hydrogen-bond donors (Lipinski definition) is 0. The van der Waals surface area contributed by atoms with Gasteiger partial charge in [-0.05, 0) is 42.7 Å². The minimum atomic E-state index is -0.278. The molecule has 1 fully saturated rings. The Balaban J connectivity index is 1.81. The number of rotatable bonds is 4. The Morgan fingerprint density at radius 2 is 1.95 bits per heavy atom. The maximum Gasteiger partial charge on any atom is 0.273 e. The van der Waals surface area contributed by atoms with Crippen LogP contribution in [0.25, 0.3) is 0 Å². The molecule has 0 radical (unpaired) electrons. The lowest BCUT2D eigenvalue weighted by Crippen LogP contribution is -2.33. The summed E-state index contributed by atoms with van der Waals surface area (Å²) < 4.78 is 13.0. The molecular formula is C16H14ClFN2O. The molecule has 5 heteroatoms. The standard InChI is InChI=1S/C16H14ClFN2O/c17-15-3-1-2-14(19-15)16(21)20(13-8-9-13)10-11-4-6-12(18)7-5-11/h1-7,13H,8-10H2. The van der Waals surface area contributed by atoms with E-state index in [1.807, 2.05) is 0 Å². The first kappa shape index (κ1) is 14.0. The van der Waals surface area contributed by atoms with Crippen molar-refractivity contribution in [2.45, 2.75) is 25.4 Å². The number of pyridine rings is 1. The molecule has 21 heavy (non-hydrogen) atoms. The molecule has 2 aromatic rings. The SMILES string of the molecule is O=C(c1cccc(Cl)n1)N(Cc1ccc(F)cc1)C1CC1. The summed E-state index contributed by atoms with van der Waals surface area (Å²) in [6.07, 6.45) is 1.99. The third kappa shape index (κ3) is 3.39. The smallest absolute Gasteiger partial charge is 0.273 e. The van der Waals surface area contributed by atoms with Crippen molar-refractivity contribution in [1.82, 2.24) is 9.88 Å². The van der Waals surface area contributed by atoms with Gasteiger partial charge in [-0.15, -0.1) is 0 Å². The second-order valence-electron chi connectivity index (χ2n) is 5.14. The third-order valence-corrected chi connectivity index (χ3v) is 3.66. The van der Waals surface area contributed by atoms with E-state index in [9.17, 15) is 9.18 Å². The lowest BCUT2D eigenvalue weighted by atomic mass is 10.2. The van der Waals surface area contributed by atoms with Crippen molar-refractivity contribution in [2.75, 3.05) is 0 Å². The number of amides is 1. The van der Waals surface area contributed by atoms with E-state index in [4.69, 9.17) is 11.6 Å². The maximum absolute atomic E-state index is 13.0. The number of hydrogen-bond acceptors (Lipinski definition) is 2. The zero-order chi connectivity index (χ0) is 14.8. The molecule has 3 nitrogen and oxygen atoms in total. The molecule has 0 atom stereocenters. The largest absolute Gasteiger partial charge is 0.330 e. The first-order chi connectivity index (χ1) is 10.1. The Labute approximate surface area is 127 Å². The summed E-state index contributed by atoms with van der Waals surface area (Å²) in [4.78, 5) is 18.4. The zero-order valence-corrected chi connectivity index (χ0v) is 12.1. The van der Waals surface area contributed by atoms with E-state index in [-0.39, 0.29) is 17.8 Å². The van der Waals surface area contributed by atoms with Crippen LogP contribution >= 0.6 is 11.6 Å². The Morgan fingerprint density at radius 1 is 1.24 bits per heavy atom. The molecule has 1 aromatic carbocycles. The van der Waals surface area contributed by atoms with Crippen molar-refractivity contribution in [2.24, 2.45) is 0 Å². The molecule has 0 unspecified atom stereocenters. The number of nitrogens with zero attached hydrogens (tertiary/aromatic N) is 2. The van der Waals surface area contributed by atoms with Gasteiger partial charge in [-0.1, -0.05) is 29.8 Å². The van der Waals surface area contributed by atoms with Gasteiger partial charge in [-0.2, -0.15) is 0 Å². The van der Waals surface area contributed by atoms with Gasteiger partial charge in [0.2, 0.25) is 0 Å². The lowest BCUT2D eigenvalue weighted by Gasteiger charge is -2.22. The van der Waals surface area contributed by atoms with Gasteiger partial charge >= 0.3 is 0 Å². The topological polar surface area (TPSA) is 33.2 Å². The van der Waals surface area contributed by atoms with E-state index in [0.717, 1.165) is 18.4 Å².